The number of carbonyl (C=O) groups excluding carboxylic acids is 2. The van der Waals surface area contributed by atoms with E-state index in [-0.39, 0.29) is 11.5 Å². The van der Waals surface area contributed by atoms with E-state index >= 15 is 0 Å². The maximum Gasteiger partial charge on any atom is 0.416 e. The second-order valence-corrected chi connectivity index (χ2v) is 6.48. The van der Waals surface area contributed by atoms with Gasteiger partial charge in [-0.2, -0.15) is 13.2 Å². The minimum Gasteiger partial charge on any atom is -0.452 e. The van der Waals surface area contributed by atoms with Gasteiger partial charge in [0.25, 0.3) is 5.91 Å². The van der Waals surface area contributed by atoms with Crippen LogP contribution in [0.25, 0.3) is 6.08 Å². The van der Waals surface area contributed by atoms with E-state index in [2.05, 4.69) is 9.97 Å². The topological polar surface area (TPSA) is 75.6 Å². The Kier molecular flexibility index (Phi) is 6.65. The van der Waals surface area contributed by atoms with Crippen LogP contribution in [0.15, 0.2) is 48.8 Å². The smallest absolute Gasteiger partial charge is 0.416 e. The number of anilines is 1. The third-order valence-corrected chi connectivity index (χ3v) is 4.43. The van der Waals surface area contributed by atoms with Crippen LogP contribution in [0.5, 0.6) is 0 Å². The van der Waals surface area contributed by atoms with Gasteiger partial charge in [-0.25, -0.2) is 14.8 Å². The summed E-state index contributed by atoms with van der Waals surface area (Å²) in [6, 6.07) is 6.26. The van der Waals surface area contributed by atoms with Crippen LogP contribution in [0.1, 0.15) is 11.1 Å². The molecule has 2 heterocycles. The first-order chi connectivity index (χ1) is 14.3. The molecule has 0 atom stereocenters. The zero-order valence-corrected chi connectivity index (χ0v) is 15.9. The first-order valence-corrected chi connectivity index (χ1v) is 9.15. The van der Waals surface area contributed by atoms with Gasteiger partial charge >= 0.3 is 12.1 Å². The van der Waals surface area contributed by atoms with Crippen LogP contribution in [0.4, 0.5) is 19.1 Å². The number of aromatic nitrogens is 2. The lowest BCUT2D eigenvalue weighted by atomic mass is 10.1. The van der Waals surface area contributed by atoms with Crippen molar-refractivity contribution >= 4 is 23.9 Å². The maximum atomic E-state index is 12.7. The number of nitrogens with zero attached hydrogens (tertiary/aromatic N) is 4. The van der Waals surface area contributed by atoms with Gasteiger partial charge in [-0.15, -0.1) is 0 Å². The molecule has 10 heteroatoms. The number of amides is 1. The van der Waals surface area contributed by atoms with E-state index in [0.717, 1.165) is 18.2 Å². The Hall–Kier alpha value is -3.43. The van der Waals surface area contributed by atoms with E-state index in [1.165, 1.54) is 18.2 Å². The molecular weight excluding hydrogens is 401 g/mol. The monoisotopic (exact) mass is 420 g/mol. The highest BCUT2D eigenvalue weighted by Crippen LogP contribution is 2.29. The van der Waals surface area contributed by atoms with Crippen LogP contribution in [0, 0.1) is 0 Å². The number of halogens is 3. The van der Waals surface area contributed by atoms with Crippen molar-refractivity contribution < 1.29 is 27.5 Å². The van der Waals surface area contributed by atoms with Gasteiger partial charge in [0.05, 0.1) is 5.56 Å². The summed E-state index contributed by atoms with van der Waals surface area (Å²) in [5.41, 5.74) is -0.611. The maximum absolute atomic E-state index is 12.7. The van der Waals surface area contributed by atoms with Gasteiger partial charge in [0, 0.05) is 44.6 Å². The quantitative estimate of drug-likeness (QED) is 0.546. The second kappa shape index (κ2) is 9.38. The summed E-state index contributed by atoms with van der Waals surface area (Å²) >= 11 is 0. The van der Waals surface area contributed by atoms with Gasteiger partial charge in [-0.05, 0) is 29.8 Å². The Morgan fingerprint density at radius 1 is 1.07 bits per heavy atom. The predicted molar refractivity (Wildman–Crippen MR) is 102 cm³/mol. The van der Waals surface area contributed by atoms with Crippen LogP contribution in [-0.4, -0.2) is 59.5 Å². The first kappa shape index (κ1) is 21.3. The number of esters is 1. The number of hydrogen-bond donors (Lipinski definition) is 0. The molecule has 30 heavy (non-hydrogen) atoms. The molecule has 0 spiro atoms. The van der Waals surface area contributed by atoms with Crippen molar-refractivity contribution in [2.75, 3.05) is 37.7 Å². The van der Waals surface area contributed by atoms with Crippen molar-refractivity contribution in [1.29, 1.82) is 0 Å². The minimum atomic E-state index is -4.46. The molecule has 7 nitrogen and oxygen atoms in total. The zero-order chi connectivity index (χ0) is 21.6. The number of piperazine rings is 1. The number of rotatable bonds is 5. The molecule has 0 bridgehead atoms. The van der Waals surface area contributed by atoms with Crippen molar-refractivity contribution in [1.82, 2.24) is 14.9 Å². The lowest BCUT2D eigenvalue weighted by molar-refractivity contribution is -0.148. The Labute approximate surface area is 170 Å². The van der Waals surface area contributed by atoms with Crippen LogP contribution in [-0.2, 0) is 20.5 Å². The number of carbonyl (C=O) groups is 2. The summed E-state index contributed by atoms with van der Waals surface area (Å²) in [4.78, 5) is 35.9. The number of benzene rings is 1. The van der Waals surface area contributed by atoms with Crippen molar-refractivity contribution in [2.24, 2.45) is 0 Å². The molecule has 1 amide bonds. The summed E-state index contributed by atoms with van der Waals surface area (Å²) in [5.74, 6) is -0.558. The van der Waals surface area contributed by atoms with Gasteiger partial charge in [0.15, 0.2) is 6.61 Å². The third kappa shape index (κ3) is 5.79. The lowest BCUT2D eigenvalue weighted by Gasteiger charge is -2.34. The lowest BCUT2D eigenvalue weighted by Crippen LogP contribution is -2.50. The normalized spacial score (nSPS) is 14.8. The molecule has 0 aliphatic carbocycles. The highest BCUT2D eigenvalue weighted by atomic mass is 19.4. The van der Waals surface area contributed by atoms with Crippen LogP contribution < -0.4 is 4.90 Å². The van der Waals surface area contributed by atoms with Crippen molar-refractivity contribution in [3.8, 4) is 0 Å². The van der Waals surface area contributed by atoms with Gasteiger partial charge in [0.2, 0.25) is 5.95 Å². The van der Waals surface area contributed by atoms with Crippen molar-refractivity contribution in [3.05, 3.63) is 59.9 Å². The molecule has 1 saturated heterocycles. The summed E-state index contributed by atoms with van der Waals surface area (Å²) in [6.45, 7) is 1.55. The molecule has 0 N–H and O–H groups in total. The van der Waals surface area contributed by atoms with Gasteiger partial charge in [0.1, 0.15) is 0 Å². The molecule has 2 aromatic rings. The average Bonchev–Trinajstić information content (AvgIpc) is 2.76. The number of hydrogen-bond acceptors (Lipinski definition) is 6. The summed E-state index contributed by atoms with van der Waals surface area (Å²) in [5, 5.41) is 0. The van der Waals surface area contributed by atoms with E-state index in [4.69, 9.17) is 4.74 Å². The SMILES string of the molecule is O=C(/C=C/c1cccc(C(F)(F)F)c1)OCC(=O)N1CCN(c2ncccn2)CC1. The van der Waals surface area contributed by atoms with Crippen LogP contribution in [0.2, 0.25) is 0 Å². The highest BCUT2D eigenvalue weighted by molar-refractivity contribution is 5.89. The van der Waals surface area contributed by atoms with Crippen molar-refractivity contribution in [3.63, 3.8) is 0 Å². The first-order valence-electron chi connectivity index (χ1n) is 9.15. The summed E-state index contributed by atoms with van der Waals surface area (Å²) in [6.07, 6.45) is 1.03. The molecule has 0 saturated carbocycles. The summed E-state index contributed by atoms with van der Waals surface area (Å²) < 4.78 is 43.0. The Balaban J connectivity index is 1.45. The van der Waals surface area contributed by atoms with Crippen molar-refractivity contribution in [2.45, 2.75) is 6.18 Å². The number of alkyl halides is 3. The molecule has 1 fully saturated rings. The van der Waals surface area contributed by atoms with E-state index in [9.17, 15) is 22.8 Å². The predicted octanol–water partition coefficient (Wildman–Crippen LogP) is 2.40. The van der Waals surface area contributed by atoms with Gasteiger partial charge in [-0.1, -0.05) is 12.1 Å². The third-order valence-electron chi connectivity index (χ3n) is 4.43. The van der Waals surface area contributed by atoms with Crippen LogP contribution >= 0.6 is 0 Å². The Morgan fingerprint density at radius 3 is 2.43 bits per heavy atom. The molecule has 158 valence electrons. The van der Waals surface area contributed by atoms with E-state index in [0.29, 0.717) is 32.1 Å². The van der Waals surface area contributed by atoms with Crippen LogP contribution in [0.3, 0.4) is 0 Å². The molecule has 1 aliphatic rings. The molecular formula is C20H19F3N4O3. The fourth-order valence-electron chi connectivity index (χ4n) is 2.87. The van der Waals surface area contributed by atoms with E-state index in [1.807, 2.05) is 4.90 Å². The molecule has 1 aliphatic heterocycles. The fraction of sp³-hybridized carbons (Fsp3) is 0.300. The average molecular weight is 420 g/mol. The highest BCUT2D eigenvalue weighted by Gasteiger charge is 2.30. The standard InChI is InChI=1S/C20H19F3N4O3/c21-20(22,23)16-4-1-3-15(13-16)5-6-18(29)30-14-17(28)26-9-11-27(12-10-26)19-24-7-2-8-25-19/h1-8,13H,9-12,14H2/b6-5+. The molecule has 1 aromatic carbocycles. The van der Waals surface area contributed by atoms with E-state index < -0.39 is 24.3 Å². The molecule has 0 radical (unpaired) electrons. The molecule has 1 aromatic heterocycles. The Morgan fingerprint density at radius 2 is 1.77 bits per heavy atom. The van der Waals surface area contributed by atoms with Gasteiger partial charge in [-0.3, -0.25) is 4.79 Å². The number of ether oxygens (including phenoxy) is 1. The van der Waals surface area contributed by atoms with E-state index in [1.54, 1.807) is 23.4 Å². The zero-order valence-electron chi connectivity index (χ0n) is 15.9. The van der Waals surface area contributed by atoms with Gasteiger partial charge < -0.3 is 14.5 Å². The second-order valence-electron chi connectivity index (χ2n) is 6.48. The summed E-state index contributed by atoms with van der Waals surface area (Å²) in [7, 11) is 0. The minimum absolute atomic E-state index is 0.201. The largest absolute Gasteiger partial charge is 0.452 e. The molecule has 3 rings (SSSR count). The molecule has 0 unspecified atom stereocenters. The Bertz CT molecular complexity index is 911. The fourth-order valence-corrected chi connectivity index (χ4v) is 2.87.